The SMILES string of the molecule is [2H]c1c([2H])c([2H])c2c(c1[2H])c1c([2H])c(-c3ccccc3)c([2H])c([2H])c1n2-c1ccc2c(c1)N(c1c(-c3ccccc3)cc(-c3ccccc3)cc1-c1cccc3c1oc1ccccc13)c1cc(C(C)(C)C)cc3c1B2c1cc(-c2ccccc2)ccc1N3c1c(-c2ccccc2)cc(C(C)(C)C)cc1-c1cccc2oc3ccccc3c12. The Labute approximate surface area is 650 Å². The molecule has 522 valence electrons. The van der Waals surface area contributed by atoms with E-state index in [1.54, 1.807) is 4.57 Å². The van der Waals surface area contributed by atoms with E-state index in [9.17, 15) is 9.60 Å². The third-order valence-electron chi connectivity index (χ3n) is 22.7. The highest BCUT2D eigenvalue weighted by molar-refractivity contribution is 7.00. The van der Waals surface area contributed by atoms with Gasteiger partial charge in [0.2, 0.25) is 0 Å². The molecule has 0 spiro atoms. The summed E-state index contributed by atoms with van der Waals surface area (Å²) in [7, 11) is 0. The van der Waals surface area contributed by atoms with E-state index in [4.69, 9.17) is 8.83 Å². The molecule has 110 heavy (non-hydrogen) atoms. The van der Waals surface area contributed by atoms with Crippen LogP contribution in [0.5, 0.6) is 0 Å². The molecule has 5 heterocycles. The van der Waals surface area contributed by atoms with Crippen LogP contribution < -0.4 is 26.2 Å². The number of hydrogen-bond donors (Lipinski definition) is 0. The van der Waals surface area contributed by atoms with Crippen molar-refractivity contribution in [1.29, 1.82) is 0 Å². The van der Waals surface area contributed by atoms with E-state index in [-0.39, 0.29) is 63.0 Å². The molecule has 0 saturated carbocycles. The fourth-order valence-corrected chi connectivity index (χ4v) is 17.4. The maximum atomic E-state index is 10.4. The monoisotopic (exact) mass is 1420 g/mol. The van der Waals surface area contributed by atoms with Gasteiger partial charge in [-0.1, -0.05) is 302 Å². The van der Waals surface area contributed by atoms with Crippen LogP contribution >= 0.6 is 0 Å². The number of para-hydroxylation sites is 4. The number of furan rings is 2. The molecule has 2 aliphatic heterocycles. The zero-order chi connectivity index (χ0) is 79.8. The normalized spacial score (nSPS) is 13.7. The highest BCUT2D eigenvalue weighted by Gasteiger charge is 2.47. The van der Waals surface area contributed by atoms with Gasteiger partial charge in [-0.2, -0.15) is 0 Å². The zero-order valence-corrected chi connectivity index (χ0v) is 61.7. The average Bonchev–Trinajstić information content (AvgIpc) is 1.44. The van der Waals surface area contributed by atoms with Crippen LogP contribution in [0.15, 0.2) is 361 Å². The molecule has 0 amide bonds. The van der Waals surface area contributed by atoms with Gasteiger partial charge in [0.05, 0.1) is 32.0 Å². The molecule has 0 atom stereocenters. The predicted octanol–water partition coefficient (Wildman–Crippen LogP) is 26.9. The van der Waals surface area contributed by atoms with Crippen LogP contribution in [0.4, 0.5) is 34.1 Å². The standard InChI is InChI=1S/C104H76BN3O2/c1-103(2,3)73-60-83(69-38-20-11-21-39-69)101(86(61-73)78-43-29-49-97-98(78)81-42-24-27-48-96(81)109-97)107-91-55-51-71(66-32-14-8-15-33-66)59-88(91)105-87-53-52-75(106-89-46-25-22-40-76(89)84-56-70(50-54-90(84)106)65-30-12-7-13-31-65)64-92(87)108(94-63-74(104(4,5)6)62-93(107)99(94)105)100-82(68-36-18-10-19-37-68)57-72(67-34-16-9-17-35-67)58-85(100)80-45-28-44-79-77-41-23-26-47-95(77)110-102(79)80/h7-64H,1-6H3/i22D,25D,40D,46D,50D,54D,56D. The van der Waals surface area contributed by atoms with Crippen molar-refractivity contribution < 1.29 is 18.4 Å². The molecule has 0 aliphatic carbocycles. The van der Waals surface area contributed by atoms with Crippen molar-refractivity contribution in [1.82, 2.24) is 4.57 Å². The van der Waals surface area contributed by atoms with Gasteiger partial charge < -0.3 is 23.2 Å². The molecule has 0 saturated heterocycles. The first-order valence-corrected chi connectivity index (χ1v) is 37.8. The van der Waals surface area contributed by atoms with Crippen LogP contribution in [0, 0.1) is 0 Å². The molecule has 0 N–H and O–H groups in total. The Morgan fingerprint density at radius 3 is 1.49 bits per heavy atom. The van der Waals surface area contributed by atoms with Gasteiger partial charge in [0.15, 0.2) is 0 Å². The lowest BCUT2D eigenvalue weighted by atomic mass is 9.33. The van der Waals surface area contributed by atoms with E-state index in [2.05, 4.69) is 306 Å². The van der Waals surface area contributed by atoms with Crippen molar-refractivity contribution in [3.63, 3.8) is 0 Å². The van der Waals surface area contributed by atoms with Gasteiger partial charge in [-0.3, -0.25) is 0 Å². The third kappa shape index (κ3) is 10.4. The summed E-state index contributed by atoms with van der Waals surface area (Å²) in [5.74, 6) is 0. The maximum absolute atomic E-state index is 10.4. The van der Waals surface area contributed by atoms with E-state index < -0.39 is 24.2 Å². The largest absolute Gasteiger partial charge is 0.456 e. The smallest absolute Gasteiger partial charge is 0.252 e. The second-order valence-electron chi connectivity index (χ2n) is 31.3. The first kappa shape index (κ1) is 57.8. The van der Waals surface area contributed by atoms with Crippen molar-refractivity contribution in [3.05, 3.63) is 363 Å². The number of rotatable bonds is 10. The Morgan fingerprint density at radius 2 is 0.818 bits per heavy atom. The van der Waals surface area contributed by atoms with E-state index in [0.717, 1.165) is 167 Å². The summed E-state index contributed by atoms with van der Waals surface area (Å²) in [5, 5.41) is 4.21. The van der Waals surface area contributed by atoms with Crippen LogP contribution in [-0.4, -0.2) is 11.3 Å². The first-order valence-electron chi connectivity index (χ1n) is 41.3. The van der Waals surface area contributed by atoms with Gasteiger partial charge in [-0.15, -0.1) is 0 Å². The summed E-state index contributed by atoms with van der Waals surface area (Å²) >= 11 is 0. The summed E-state index contributed by atoms with van der Waals surface area (Å²) < 4.78 is 85.6. The zero-order valence-electron chi connectivity index (χ0n) is 68.7. The third-order valence-corrected chi connectivity index (χ3v) is 22.7. The lowest BCUT2D eigenvalue weighted by Gasteiger charge is -2.46. The number of benzene rings is 16. The average molecular weight is 1420 g/mol. The molecule has 0 fully saturated rings. The van der Waals surface area contributed by atoms with Crippen LogP contribution in [-0.2, 0) is 10.8 Å². The second-order valence-corrected chi connectivity index (χ2v) is 31.3. The van der Waals surface area contributed by atoms with Gasteiger partial charge >= 0.3 is 0 Å². The molecule has 5 nitrogen and oxygen atoms in total. The Kier molecular flexibility index (Phi) is 13.2. The predicted molar refractivity (Wildman–Crippen MR) is 465 cm³/mol. The summed E-state index contributed by atoms with van der Waals surface area (Å²) in [5.41, 5.74) is 25.9. The summed E-state index contributed by atoms with van der Waals surface area (Å²) in [6.07, 6.45) is 0. The van der Waals surface area contributed by atoms with E-state index in [1.807, 2.05) is 54.6 Å². The molecule has 6 heteroatoms. The van der Waals surface area contributed by atoms with Crippen molar-refractivity contribution in [2.24, 2.45) is 0 Å². The van der Waals surface area contributed by atoms with Gasteiger partial charge in [-0.25, -0.2) is 0 Å². The molecule has 0 radical (unpaired) electrons. The number of fused-ring (bicyclic) bond motifs is 13. The van der Waals surface area contributed by atoms with Gasteiger partial charge in [0, 0.05) is 88.6 Å². The first-order chi connectivity index (χ1) is 56.8. The summed E-state index contributed by atoms with van der Waals surface area (Å²) in [4.78, 5) is 5.07. The number of nitrogens with zero attached hydrogens (tertiary/aromatic N) is 3. The Hall–Kier alpha value is -13.4. The van der Waals surface area contributed by atoms with Crippen LogP contribution in [0.2, 0.25) is 0 Å². The van der Waals surface area contributed by atoms with E-state index in [0.29, 0.717) is 16.8 Å². The van der Waals surface area contributed by atoms with Crippen LogP contribution in [0.25, 0.3) is 149 Å². The molecule has 21 rings (SSSR count). The Bertz CT molecular complexity index is 7370. The summed E-state index contributed by atoms with van der Waals surface area (Å²) in [6.45, 7) is 13.2. The van der Waals surface area contributed by atoms with Crippen molar-refractivity contribution in [3.8, 4) is 83.6 Å². The quantitative estimate of drug-likeness (QED) is 0.128. The molecular formula is C104H76BN3O2. The second kappa shape index (κ2) is 25.1. The molecule has 0 bridgehead atoms. The van der Waals surface area contributed by atoms with Crippen LogP contribution in [0.1, 0.15) is 62.3 Å². The topological polar surface area (TPSA) is 37.7 Å². The van der Waals surface area contributed by atoms with Crippen molar-refractivity contribution in [2.75, 3.05) is 9.80 Å². The minimum atomic E-state index is -0.542. The lowest BCUT2D eigenvalue weighted by molar-refractivity contribution is 0.590. The Balaban J connectivity index is 0.971. The molecular weight excluding hydrogens is 1330 g/mol. The number of anilines is 6. The minimum absolute atomic E-state index is 0.0878. The lowest BCUT2D eigenvalue weighted by Crippen LogP contribution is -2.61. The minimum Gasteiger partial charge on any atom is -0.456 e. The summed E-state index contributed by atoms with van der Waals surface area (Å²) in [6, 6.07) is 107. The van der Waals surface area contributed by atoms with Crippen molar-refractivity contribution >= 4 is 123 Å². The van der Waals surface area contributed by atoms with Gasteiger partial charge in [-0.05, 0) is 179 Å². The molecule has 3 aromatic heterocycles. The maximum Gasteiger partial charge on any atom is 0.252 e. The fraction of sp³-hybridized carbons (Fsp3) is 0.0769. The fourth-order valence-electron chi connectivity index (χ4n) is 17.4. The van der Waals surface area contributed by atoms with E-state index in [1.165, 1.54) is 0 Å². The number of hydrogen-bond acceptors (Lipinski definition) is 4. The highest BCUT2D eigenvalue weighted by atomic mass is 16.3. The van der Waals surface area contributed by atoms with Gasteiger partial charge in [0.25, 0.3) is 6.71 Å². The number of aromatic nitrogens is 1. The molecule has 2 aliphatic rings. The van der Waals surface area contributed by atoms with Crippen molar-refractivity contribution in [2.45, 2.75) is 52.4 Å². The Morgan fingerprint density at radius 1 is 0.309 bits per heavy atom. The molecule has 16 aromatic carbocycles. The van der Waals surface area contributed by atoms with E-state index >= 15 is 0 Å². The molecule has 19 aromatic rings. The highest BCUT2D eigenvalue weighted by Crippen LogP contribution is 2.57. The van der Waals surface area contributed by atoms with Crippen LogP contribution in [0.3, 0.4) is 0 Å². The van der Waals surface area contributed by atoms with Gasteiger partial charge in [0.1, 0.15) is 22.3 Å². The molecule has 0 unspecified atom stereocenters.